The van der Waals surface area contributed by atoms with Crippen molar-refractivity contribution in [1.82, 2.24) is 5.32 Å². The molecule has 0 aromatic carbocycles. The van der Waals surface area contributed by atoms with E-state index < -0.39 is 11.6 Å². The molecular formula is C8H13ClFNO2. The molecule has 0 aromatic heterocycles. The zero-order valence-corrected chi connectivity index (χ0v) is 7.94. The van der Waals surface area contributed by atoms with Crippen LogP contribution in [0.2, 0.25) is 0 Å². The molecule has 0 amide bonds. The first-order valence-electron chi connectivity index (χ1n) is 4.27. The van der Waals surface area contributed by atoms with Crippen LogP contribution in [0, 0.1) is 11.8 Å². The summed E-state index contributed by atoms with van der Waals surface area (Å²) in [6.45, 7) is 0.497. The van der Waals surface area contributed by atoms with Crippen LogP contribution >= 0.6 is 12.4 Å². The standard InChI is InChI=1S/C8H12FNO2.ClH/c9-8(7(11)12)4-10-3-6(8)5-1-2-5;/h5-6,10H,1-4H2,(H,11,12);1H. The summed E-state index contributed by atoms with van der Waals surface area (Å²) in [5, 5.41) is 11.5. The predicted molar refractivity (Wildman–Crippen MR) is 47.8 cm³/mol. The van der Waals surface area contributed by atoms with E-state index in [1.54, 1.807) is 0 Å². The number of nitrogens with one attached hydrogen (secondary N) is 1. The number of carbonyl (C=O) groups is 1. The first-order valence-corrected chi connectivity index (χ1v) is 4.27. The van der Waals surface area contributed by atoms with Gasteiger partial charge in [-0.05, 0) is 18.8 Å². The molecule has 0 radical (unpaired) electrons. The Morgan fingerprint density at radius 2 is 2.15 bits per heavy atom. The summed E-state index contributed by atoms with van der Waals surface area (Å²) >= 11 is 0. The molecule has 1 aliphatic carbocycles. The van der Waals surface area contributed by atoms with E-state index in [-0.39, 0.29) is 24.9 Å². The molecule has 2 unspecified atom stereocenters. The number of rotatable bonds is 2. The molecule has 2 rings (SSSR count). The SMILES string of the molecule is Cl.O=C(O)C1(F)CNCC1C1CC1. The quantitative estimate of drug-likeness (QED) is 0.709. The maximum atomic E-state index is 13.7. The molecule has 2 fully saturated rings. The van der Waals surface area contributed by atoms with Gasteiger partial charge in [0.05, 0.1) is 0 Å². The average molecular weight is 210 g/mol. The van der Waals surface area contributed by atoms with Crippen LogP contribution in [0.15, 0.2) is 0 Å². The van der Waals surface area contributed by atoms with Crippen LogP contribution in [0.3, 0.4) is 0 Å². The van der Waals surface area contributed by atoms with Crippen LogP contribution in [-0.2, 0) is 4.79 Å². The second-order valence-corrected chi connectivity index (χ2v) is 3.74. The van der Waals surface area contributed by atoms with E-state index >= 15 is 0 Å². The summed E-state index contributed by atoms with van der Waals surface area (Å²) in [4.78, 5) is 10.7. The maximum Gasteiger partial charge on any atom is 0.343 e. The topological polar surface area (TPSA) is 49.3 Å². The van der Waals surface area contributed by atoms with E-state index in [1.165, 1.54) is 0 Å². The number of halogens is 2. The lowest BCUT2D eigenvalue weighted by Gasteiger charge is -2.20. The average Bonchev–Trinajstić information content (AvgIpc) is 2.76. The first kappa shape index (κ1) is 10.7. The Morgan fingerprint density at radius 1 is 1.54 bits per heavy atom. The molecule has 3 nitrogen and oxygen atoms in total. The fourth-order valence-electron chi connectivity index (χ4n) is 1.98. The van der Waals surface area contributed by atoms with Crippen LogP contribution in [0.1, 0.15) is 12.8 Å². The van der Waals surface area contributed by atoms with Crippen molar-refractivity contribution in [2.24, 2.45) is 11.8 Å². The van der Waals surface area contributed by atoms with Gasteiger partial charge in [-0.25, -0.2) is 9.18 Å². The third kappa shape index (κ3) is 1.65. The third-order valence-corrected chi connectivity index (χ3v) is 2.88. The molecule has 2 atom stereocenters. The maximum absolute atomic E-state index is 13.7. The van der Waals surface area contributed by atoms with Gasteiger partial charge in [0, 0.05) is 19.0 Å². The molecule has 2 aliphatic rings. The van der Waals surface area contributed by atoms with E-state index in [2.05, 4.69) is 5.32 Å². The van der Waals surface area contributed by atoms with Crippen molar-refractivity contribution in [3.63, 3.8) is 0 Å². The van der Waals surface area contributed by atoms with Crippen LogP contribution in [0.5, 0.6) is 0 Å². The first-order chi connectivity index (χ1) is 5.64. The van der Waals surface area contributed by atoms with Crippen molar-refractivity contribution in [1.29, 1.82) is 0 Å². The van der Waals surface area contributed by atoms with Gasteiger partial charge in [-0.2, -0.15) is 0 Å². The number of aliphatic carboxylic acids is 1. The van der Waals surface area contributed by atoms with Crippen LogP contribution < -0.4 is 5.32 Å². The minimum Gasteiger partial charge on any atom is -0.479 e. The minimum absolute atomic E-state index is 0. The van der Waals surface area contributed by atoms with Crippen LogP contribution in [0.4, 0.5) is 4.39 Å². The molecule has 76 valence electrons. The van der Waals surface area contributed by atoms with Crippen molar-refractivity contribution in [2.45, 2.75) is 18.5 Å². The molecule has 0 aromatic rings. The van der Waals surface area contributed by atoms with E-state index in [0.29, 0.717) is 12.5 Å². The van der Waals surface area contributed by atoms with Gasteiger partial charge in [0.15, 0.2) is 0 Å². The lowest BCUT2D eigenvalue weighted by Crippen LogP contribution is -2.42. The Balaban J connectivity index is 0.000000845. The molecule has 1 saturated carbocycles. The summed E-state index contributed by atoms with van der Waals surface area (Å²) in [6.07, 6.45) is 1.98. The Labute approximate surface area is 82.1 Å². The van der Waals surface area contributed by atoms with Gasteiger partial charge in [-0.1, -0.05) is 0 Å². The van der Waals surface area contributed by atoms with Gasteiger partial charge in [0.25, 0.3) is 0 Å². The third-order valence-electron chi connectivity index (χ3n) is 2.88. The Hall–Kier alpha value is -0.350. The molecule has 2 N–H and O–H groups in total. The highest BCUT2D eigenvalue weighted by Gasteiger charge is 2.55. The summed E-state index contributed by atoms with van der Waals surface area (Å²) in [6, 6.07) is 0. The van der Waals surface area contributed by atoms with Gasteiger partial charge in [-0.3, -0.25) is 0 Å². The Morgan fingerprint density at radius 3 is 2.62 bits per heavy atom. The van der Waals surface area contributed by atoms with E-state index in [4.69, 9.17) is 5.11 Å². The highest BCUT2D eigenvalue weighted by atomic mass is 35.5. The van der Waals surface area contributed by atoms with Gasteiger partial charge in [-0.15, -0.1) is 12.4 Å². The summed E-state index contributed by atoms with van der Waals surface area (Å²) in [7, 11) is 0. The van der Waals surface area contributed by atoms with Crippen molar-refractivity contribution in [3.05, 3.63) is 0 Å². The van der Waals surface area contributed by atoms with Crippen LogP contribution in [-0.4, -0.2) is 29.8 Å². The monoisotopic (exact) mass is 209 g/mol. The van der Waals surface area contributed by atoms with Crippen LogP contribution in [0.25, 0.3) is 0 Å². The molecular weight excluding hydrogens is 197 g/mol. The number of hydrogen-bond donors (Lipinski definition) is 2. The van der Waals surface area contributed by atoms with Gasteiger partial charge < -0.3 is 10.4 Å². The Kier molecular flexibility index (Phi) is 2.82. The molecule has 1 saturated heterocycles. The molecule has 0 spiro atoms. The number of alkyl halides is 1. The van der Waals surface area contributed by atoms with E-state index in [9.17, 15) is 9.18 Å². The van der Waals surface area contributed by atoms with Crippen molar-refractivity contribution < 1.29 is 14.3 Å². The Bertz CT molecular complexity index is 222. The molecule has 1 aliphatic heterocycles. The second-order valence-electron chi connectivity index (χ2n) is 3.74. The lowest BCUT2D eigenvalue weighted by atomic mass is 9.89. The largest absolute Gasteiger partial charge is 0.479 e. The fourth-order valence-corrected chi connectivity index (χ4v) is 1.98. The predicted octanol–water partition coefficient (Wildman–Crippen LogP) is 0.831. The zero-order chi connectivity index (χ0) is 8.77. The highest BCUT2D eigenvalue weighted by molar-refractivity contribution is 5.85. The number of hydrogen-bond acceptors (Lipinski definition) is 2. The smallest absolute Gasteiger partial charge is 0.343 e. The molecule has 5 heteroatoms. The number of carboxylic acid groups (broad SMARTS) is 1. The van der Waals surface area contributed by atoms with Gasteiger partial charge in [0.2, 0.25) is 5.67 Å². The van der Waals surface area contributed by atoms with Gasteiger partial charge in [0.1, 0.15) is 0 Å². The number of carboxylic acids is 1. The molecule has 0 bridgehead atoms. The minimum atomic E-state index is -2.00. The van der Waals surface area contributed by atoms with Crippen molar-refractivity contribution in [3.8, 4) is 0 Å². The van der Waals surface area contributed by atoms with Gasteiger partial charge >= 0.3 is 5.97 Å². The summed E-state index contributed by atoms with van der Waals surface area (Å²) in [5.74, 6) is -1.29. The fraction of sp³-hybridized carbons (Fsp3) is 0.875. The highest BCUT2D eigenvalue weighted by Crippen LogP contribution is 2.45. The summed E-state index contributed by atoms with van der Waals surface area (Å²) in [5.41, 5.74) is -2.00. The zero-order valence-electron chi connectivity index (χ0n) is 7.12. The molecule has 13 heavy (non-hydrogen) atoms. The second kappa shape index (κ2) is 3.42. The molecule has 1 heterocycles. The normalized spacial score (nSPS) is 38.4. The van der Waals surface area contributed by atoms with E-state index in [1.807, 2.05) is 0 Å². The lowest BCUT2D eigenvalue weighted by molar-refractivity contribution is -0.152. The summed E-state index contributed by atoms with van der Waals surface area (Å²) < 4.78 is 13.7. The van der Waals surface area contributed by atoms with Crippen molar-refractivity contribution in [2.75, 3.05) is 13.1 Å². The van der Waals surface area contributed by atoms with E-state index in [0.717, 1.165) is 12.8 Å². The van der Waals surface area contributed by atoms with Crippen molar-refractivity contribution >= 4 is 18.4 Å².